The van der Waals surface area contributed by atoms with Crippen molar-refractivity contribution < 1.29 is 22.7 Å². The number of nitrogens with one attached hydrogen (secondary N) is 1. The van der Waals surface area contributed by atoms with Gasteiger partial charge >= 0.3 is 5.97 Å². The summed E-state index contributed by atoms with van der Waals surface area (Å²) in [6, 6.07) is 13.2. The van der Waals surface area contributed by atoms with Gasteiger partial charge in [0.05, 0.1) is 4.90 Å². The maximum atomic E-state index is 12.3. The number of sulfonamides is 1. The first-order valence-electron chi connectivity index (χ1n) is 8.03. The molecule has 3 rings (SSSR count). The minimum absolute atomic E-state index is 0.0360. The number of benzene rings is 2. The number of nitrogens with two attached hydrogens (primary N) is 1. The number of para-hydroxylation sites is 1. The molecule has 0 saturated heterocycles. The second kappa shape index (κ2) is 7.27. The molecular weight excluding hydrogens is 356 g/mol. The van der Waals surface area contributed by atoms with E-state index in [9.17, 15) is 18.0 Å². The van der Waals surface area contributed by atoms with Gasteiger partial charge in [-0.2, -0.15) is 0 Å². The van der Waals surface area contributed by atoms with E-state index in [1.807, 2.05) is 12.1 Å². The molecule has 1 heterocycles. The van der Waals surface area contributed by atoms with Crippen LogP contribution in [-0.4, -0.2) is 26.8 Å². The predicted octanol–water partition coefficient (Wildman–Crippen LogP) is 0.771. The van der Waals surface area contributed by atoms with Crippen molar-refractivity contribution in [2.24, 2.45) is 11.1 Å². The van der Waals surface area contributed by atoms with E-state index >= 15 is 0 Å². The van der Waals surface area contributed by atoms with Crippen LogP contribution >= 0.6 is 0 Å². The fraction of sp³-hybridized carbons (Fsp3) is 0.222. The molecule has 0 radical (unpaired) electrons. The number of primary sulfonamides is 1. The molecule has 8 heteroatoms. The summed E-state index contributed by atoms with van der Waals surface area (Å²) in [6.07, 6.45) is 0.804. The number of carbonyl (C=O) groups excluding carboxylic acids is 2. The third-order valence-electron chi connectivity index (χ3n) is 4.17. The standard InChI is InChI=1S/C18H18N2O5S/c19-26(23,24)14-7-5-12(6-8-14)9-10-20-17(21)15-11-13-3-1-2-4-16(13)25-18(15)22/h1-8,15H,9-11H2,(H,20,21)(H2,19,23,24). The smallest absolute Gasteiger partial charge is 0.324 e. The van der Waals surface area contributed by atoms with Crippen LogP contribution in [0.5, 0.6) is 5.75 Å². The first-order valence-corrected chi connectivity index (χ1v) is 9.58. The molecule has 0 aliphatic carbocycles. The van der Waals surface area contributed by atoms with Crippen molar-refractivity contribution in [2.45, 2.75) is 17.7 Å². The Morgan fingerprint density at radius 3 is 2.54 bits per heavy atom. The normalized spacial score (nSPS) is 16.5. The molecule has 0 spiro atoms. The summed E-state index contributed by atoms with van der Waals surface area (Å²) >= 11 is 0. The van der Waals surface area contributed by atoms with Crippen molar-refractivity contribution in [1.82, 2.24) is 5.32 Å². The van der Waals surface area contributed by atoms with Crippen LogP contribution in [0.15, 0.2) is 53.4 Å². The highest BCUT2D eigenvalue weighted by atomic mass is 32.2. The number of esters is 1. The highest BCUT2D eigenvalue weighted by Gasteiger charge is 2.33. The minimum Gasteiger partial charge on any atom is -0.426 e. The topological polar surface area (TPSA) is 116 Å². The molecule has 2 aromatic carbocycles. The Balaban J connectivity index is 1.55. The van der Waals surface area contributed by atoms with Crippen molar-refractivity contribution in [1.29, 1.82) is 0 Å². The number of amides is 1. The van der Waals surface area contributed by atoms with Gasteiger partial charge in [0, 0.05) is 6.54 Å². The lowest BCUT2D eigenvalue weighted by atomic mass is 9.95. The van der Waals surface area contributed by atoms with E-state index in [0.717, 1.165) is 11.1 Å². The maximum absolute atomic E-state index is 12.3. The van der Waals surface area contributed by atoms with Crippen molar-refractivity contribution in [3.8, 4) is 5.75 Å². The molecule has 0 fully saturated rings. The van der Waals surface area contributed by atoms with E-state index in [1.165, 1.54) is 12.1 Å². The average molecular weight is 374 g/mol. The van der Waals surface area contributed by atoms with Gasteiger partial charge in [-0.25, -0.2) is 13.6 Å². The van der Waals surface area contributed by atoms with Crippen LogP contribution in [0.3, 0.4) is 0 Å². The van der Waals surface area contributed by atoms with Gasteiger partial charge in [-0.15, -0.1) is 0 Å². The van der Waals surface area contributed by atoms with Crippen LogP contribution in [-0.2, 0) is 32.5 Å². The number of hydrogen-bond donors (Lipinski definition) is 2. The van der Waals surface area contributed by atoms with Crippen LogP contribution in [0.1, 0.15) is 11.1 Å². The van der Waals surface area contributed by atoms with Gasteiger partial charge in [-0.05, 0) is 42.2 Å². The summed E-state index contributed by atoms with van der Waals surface area (Å²) in [5, 5.41) is 7.77. The Kier molecular flexibility index (Phi) is 5.06. The van der Waals surface area contributed by atoms with Gasteiger partial charge in [0.1, 0.15) is 11.7 Å². The van der Waals surface area contributed by atoms with Crippen molar-refractivity contribution in [3.63, 3.8) is 0 Å². The van der Waals surface area contributed by atoms with Gasteiger partial charge in [0.2, 0.25) is 15.9 Å². The summed E-state index contributed by atoms with van der Waals surface area (Å²) < 4.78 is 27.6. The molecular formula is C18H18N2O5S. The summed E-state index contributed by atoms with van der Waals surface area (Å²) in [5.74, 6) is -1.31. The molecule has 1 unspecified atom stereocenters. The van der Waals surface area contributed by atoms with E-state index in [2.05, 4.69) is 5.32 Å². The van der Waals surface area contributed by atoms with Crippen molar-refractivity contribution >= 4 is 21.9 Å². The van der Waals surface area contributed by atoms with Crippen molar-refractivity contribution in [3.05, 3.63) is 59.7 Å². The number of fused-ring (bicyclic) bond motifs is 1. The summed E-state index contributed by atoms with van der Waals surface area (Å²) in [6.45, 7) is 0.318. The lowest BCUT2D eigenvalue weighted by Gasteiger charge is -2.22. The first-order chi connectivity index (χ1) is 12.3. The average Bonchev–Trinajstić information content (AvgIpc) is 2.60. The van der Waals surface area contributed by atoms with Crippen LogP contribution in [0, 0.1) is 5.92 Å². The second-order valence-electron chi connectivity index (χ2n) is 6.02. The number of hydrogen-bond acceptors (Lipinski definition) is 5. The quantitative estimate of drug-likeness (QED) is 0.456. The van der Waals surface area contributed by atoms with Crippen LogP contribution < -0.4 is 15.2 Å². The van der Waals surface area contributed by atoms with E-state index in [1.54, 1.807) is 24.3 Å². The Morgan fingerprint density at radius 2 is 1.85 bits per heavy atom. The Bertz CT molecular complexity index is 938. The Hall–Kier alpha value is -2.71. The molecule has 1 aliphatic heterocycles. The fourth-order valence-electron chi connectivity index (χ4n) is 2.75. The number of ether oxygens (including phenoxy) is 1. The number of rotatable bonds is 5. The minimum atomic E-state index is -3.72. The maximum Gasteiger partial charge on any atom is 0.324 e. The molecule has 26 heavy (non-hydrogen) atoms. The van der Waals surface area contributed by atoms with Crippen LogP contribution in [0.25, 0.3) is 0 Å². The summed E-state index contributed by atoms with van der Waals surface area (Å²) in [4.78, 5) is 24.3. The molecule has 0 bridgehead atoms. The predicted molar refractivity (Wildman–Crippen MR) is 93.8 cm³/mol. The molecule has 0 saturated carbocycles. The zero-order chi connectivity index (χ0) is 18.7. The van der Waals surface area contributed by atoms with Gasteiger partial charge in [0.25, 0.3) is 0 Å². The van der Waals surface area contributed by atoms with Crippen LogP contribution in [0.2, 0.25) is 0 Å². The Morgan fingerprint density at radius 1 is 1.15 bits per heavy atom. The third-order valence-corrected chi connectivity index (χ3v) is 5.10. The summed E-state index contributed by atoms with van der Waals surface area (Å²) in [7, 11) is -3.72. The van der Waals surface area contributed by atoms with Crippen molar-refractivity contribution in [2.75, 3.05) is 6.54 Å². The van der Waals surface area contributed by atoms with E-state index in [4.69, 9.17) is 9.88 Å². The molecule has 2 aromatic rings. The van der Waals surface area contributed by atoms with E-state index in [-0.39, 0.29) is 10.8 Å². The highest BCUT2D eigenvalue weighted by Crippen LogP contribution is 2.27. The largest absolute Gasteiger partial charge is 0.426 e. The number of carbonyl (C=O) groups is 2. The van der Waals surface area contributed by atoms with E-state index < -0.39 is 21.9 Å². The molecule has 0 aromatic heterocycles. The molecule has 1 amide bonds. The lowest BCUT2D eigenvalue weighted by molar-refractivity contribution is -0.145. The third kappa shape index (κ3) is 4.09. The lowest BCUT2D eigenvalue weighted by Crippen LogP contribution is -2.41. The molecule has 136 valence electrons. The zero-order valence-corrected chi connectivity index (χ0v) is 14.7. The zero-order valence-electron chi connectivity index (χ0n) is 13.8. The van der Waals surface area contributed by atoms with Gasteiger partial charge in [-0.1, -0.05) is 30.3 Å². The van der Waals surface area contributed by atoms with Gasteiger partial charge < -0.3 is 10.1 Å². The van der Waals surface area contributed by atoms with Crippen LogP contribution in [0.4, 0.5) is 0 Å². The van der Waals surface area contributed by atoms with Gasteiger partial charge in [-0.3, -0.25) is 9.59 Å². The first kappa shape index (κ1) is 18.1. The SMILES string of the molecule is NS(=O)(=O)c1ccc(CCNC(=O)C2Cc3ccccc3OC2=O)cc1. The molecule has 1 aliphatic rings. The second-order valence-corrected chi connectivity index (χ2v) is 7.58. The monoisotopic (exact) mass is 374 g/mol. The molecule has 3 N–H and O–H groups in total. The molecule has 7 nitrogen and oxygen atoms in total. The fourth-order valence-corrected chi connectivity index (χ4v) is 3.27. The van der Waals surface area contributed by atoms with Gasteiger partial charge in [0.15, 0.2) is 0 Å². The van der Waals surface area contributed by atoms with E-state index in [0.29, 0.717) is 25.1 Å². The Labute approximate surface area is 151 Å². The highest BCUT2D eigenvalue weighted by molar-refractivity contribution is 7.89. The molecule has 1 atom stereocenters. The summed E-state index contributed by atoms with van der Waals surface area (Å²) in [5.41, 5.74) is 1.67.